The van der Waals surface area contributed by atoms with E-state index in [1.807, 2.05) is 27.7 Å². The molecular weight excluding hydrogens is 127 g/mol. The summed E-state index contributed by atoms with van der Waals surface area (Å²) in [6, 6.07) is 0. The Bertz CT molecular complexity index is 89.3. The van der Waals surface area contributed by atoms with E-state index in [9.17, 15) is 4.39 Å². The zero-order valence-electron chi connectivity index (χ0n) is 7.79. The average Bonchev–Trinajstić information content (AvgIpc) is 1.88. The van der Waals surface area contributed by atoms with Crippen LogP contribution in [0.5, 0.6) is 0 Å². The molecule has 1 atom stereocenters. The summed E-state index contributed by atoms with van der Waals surface area (Å²) in [5.74, 6) is 0. The van der Waals surface area contributed by atoms with Crippen molar-refractivity contribution < 1.29 is 4.39 Å². The molecule has 0 heterocycles. The SMILES string of the molecule is CCC(C)(C)C(C)(F)CC. The Hall–Kier alpha value is -0.0700. The van der Waals surface area contributed by atoms with E-state index in [-0.39, 0.29) is 5.41 Å². The molecule has 0 radical (unpaired) electrons. The third-order valence-electron chi connectivity index (χ3n) is 2.96. The first-order chi connectivity index (χ1) is 4.37. The van der Waals surface area contributed by atoms with Gasteiger partial charge in [0.2, 0.25) is 0 Å². The largest absolute Gasteiger partial charge is 0.244 e. The molecule has 1 heteroatoms. The summed E-state index contributed by atoms with van der Waals surface area (Å²) in [6.07, 6.45) is 1.50. The Balaban J connectivity index is 4.28. The standard InChI is InChI=1S/C9H19F/c1-6-8(3,4)9(5,10)7-2/h6-7H2,1-5H3. The molecule has 0 amide bonds. The molecule has 0 aromatic carbocycles. The van der Waals surface area contributed by atoms with E-state index in [0.717, 1.165) is 6.42 Å². The maximum atomic E-state index is 13.6. The Morgan fingerprint density at radius 2 is 1.40 bits per heavy atom. The lowest BCUT2D eigenvalue weighted by Crippen LogP contribution is -2.36. The van der Waals surface area contributed by atoms with Crippen LogP contribution >= 0.6 is 0 Å². The van der Waals surface area contributed by atoms with Crippen molar-refractivity contribution in [2.24, 2.45) is 5.41 Å². The molecule has 10 heavy (non-hydrogen) atoms. The van der Waals surface area contributed by atoms with Crippen molar-refractivity contribution in [2.75, 3.05) is 0 Å². The van der Waals surface area contributed by atoms with E-state index >= 15 is 0 Å². The first kappa shape index (κ1) is 9.93. The maximum absolute atomic E-state index is 13.6. The van der Waals surface area contributed by atoms with Gasteiger partial charge in [-0.15, -0.1) is 0 Å². The fourth-order valence-corrected chi connectivity index (χ4v) is 0.847. The van der Waals surface area contributed by atoms with Crippen LogP contribution < -0.4 is 0 Å². The molecule has 0 nitrogen and oxygen atoms in total. The molecule has 0 rings (SSSR count). The van der Waals surface area contributed by atoms with Crippen LogP contribution in [0.1, 0.15) is 47.5 Å². The summed E-state index contributed by atoms with van der Waals surface area (Å²) in [4.78, 5) is 0. The highest BCUT2D eigenvalue weighted by Crippen LogP contribution is 2.39. The van der Waals surface area contributed by atoms with Gasteiger partial charge in [-0.05, 0) is 25.2 Å². The number of halogens is 1. The molecule has 0 fully saturated rings. The number of hydrogen-bond acceptors (Lipinski definition) is 0. The molecule has 62 valence electrons. The average molecular weight is 146 g/mol. The first-order valence-electron chi connectivity index (χ1n) is 4.06. The molecule has 0 aromatic rings. The van der Waals surface area contributed by atoms with Crippen LogP contribution in [0, 0.1) is 5.41 Å². The normalized spacial score (nSPS) is 18.6. The molecule has 0 spiro atoms. The lowest BCUT2D eigenvalue weighted by Gasteiger charge is -2.36. The number of rotatable bonds is 3. The van der Waals surface area contributed by atoms with Gasteiger partial charge in [-0.2, -0.15) is 0 Å². The van der Waals surface area contributed by atoms with Crippen LogP contribution in [0.25, 0.3) is 0 Å². The van der Waals surface area contributed by atoms with Gasteiger partial charge in [0, 0.05) is 0 Å². The topological polar surface area (TPSA) is 0 Å². The van der Waals surface area contributed by atoms with Crippen LogP contribution in [0.15, 0.2) is 0 Å². The van der Waals surface area contributed by atoms with Crippen molar-refractivity contribution in [3.05, 3.63) is 0 Å². The summed E-state index contributed by atoms with van der Waals surface area (Å²) in [5.41, 5.74) is -1.19. The number of hydrogen-bond donors (Lipinski definition) is 0. The van der Waals surface area contributed by atoms with Gasteiger partial charge in [-0.25, -0.2) is 4.39 Å². The van der Waals surface area contributed by atoms with E-state index in [0.29, 0.717) is 6.42 Å². The fourth-order valence-electron chi connectivity index (χ4n) is 0.847. The van der Waals surface area contributed by atoms with E-state index in [4.69, 9.17) is 0 Å². The molecule has 0 saturated carbocycles. The van der Waals surface area contributed by atoms with E-state index < -0.39 is 5.67 Å². The number of alkyl halides is 1. The summed E-state index contributed by atoms with van der Waals surface area (Å²) in [6.45, 7) is 9.59. The summed E-state index contributed by atoms with van der Waals surface area (Å²) >= 11 is 0. The minimum Gasteiger partial charge on any atom is -0.244 e. The molecule has 0 saturated heterocycles. The van der Waals surface area contributed by atoms with Gasteiger partial charge in [0.15, 0.2) is 0 Å². The second kappa shape index (κ2) is 2.89. The molecule has 1 unspecified atom stereocenters. The molecule has 0 aliphatic rings. The van der Waals surface area contributed by atoms with Crippen molar-refractivity contribution in [2.45, 2.75) is 53.1 Å². The van der Waals surface area contributed by atoms with Crippen molar-refractivity contribution in [1.82, 2.24) is 0 Å². The first-order valence-corrected chi connectivity index (χ1v) is 4.06. The molecule has 0 N–H and O–H groups in total. The molecular formula is C9H19F. The van der Waals surface area contributed by atoms with Gasteiger partial charge in [0.25, 0.3) is 0 Å². The van der Waals surface area contributed by atoms with Gasteiger partial charge in [0.1, 0.15) is 5.67 Å². The highest BCUT2D eigenvalue weighted by molar-refractivity contribution is 4.87. The highest BCUT2D eigenvalue weighted by atomic mass is 19.1. The van der Waals surface area contributed by atoms with Crippen LogP contribution in [0.4, 0.5) is 4.39 Å². The van der Waals surface area contributed by atoms with Gasteiger partial charge in [-0.1, -0.05) is 27.7 Å². The van der Waals surface area contributed by atoms with Crippen LogP contribution in [-0.2, 0) is 0 Å². The van der Waals surface area contributed by atoms with E-state index in [1.54, 1.807) is 6.92 Å². The quantitative estimate of drug-likeness (QED) is 0.571. The fraction of sp³-hybridized carbons (Fsp3) is 1.00. The Labute approximate surface area is 63.8 Å². The predicted molar refractivity (Wildman–Crippen MR) is 43.9 cm³/mol. The molecule has 0 aliphatic heterocycles. The van der Waals surface area contributed by atoms with Crippen molar-refractivity contribution in [3.8, 4) is 0 Å². The Morgan fingerprint density at radius 3 is 1.50 bits per heavy atom. The van der Waals surface area contributed by atoms with Gasteiger partial charge < -0.3 is 0 Å². The minimum absolute atomic E-state index is 0.179. The van der Waals surface area contributed by atoms with Gasteiger partial charge in [-0.3, -0.25) is 0 Å². The predicted octanol–water partition coefficient (Wildman–Crippen LogP) is 3.56. The summed E-state index contributed by atoms with van der Waals surface area (Å²) in [7, 11) is 0. The van der Waals surface area contributed by atoms with Crippen molar-refractivity contribution in [1.29, 1.82) is 0 Å². The summed E-state index contributed by atoms with van der Waals surface area (Å²) < 4.78 is 13.6. The van der Waals surface area contributed by atoms with Gasteiger partial charge >= 0.3 is 0 Å². The zero-order chi connectivity index (χ0) is 8.41. The van der Waals surface area contributed by atoms with Crippen molar-refractivity contribution >= 4 is 0 Å². The lowest BCUT2D eigenvalue weighted by molar-refractivity contribution is 0.0272. The second-order valence-corrected chi connectivity index (χ2v) is 3.79. The Morgan fingerprint density at radius 1 is 1.00 bits per heavy atom. The van der Waals surface area contributed by atoms with Gasteiger partial charge in [0.05, 0.1) is 0 Å². The van der Waals surface area contributed by atoms with E-state index in [1.165, 1.54) is 0 Å². The molecule has 0 aromatic heterocycles. The van der Waals surface area contributed by atoms with Crippen LogP contribution in [0.3, 0.4) is 0 Å². The van der Waals surface area contributed by atoms with Crippen LogP contribution in [0.2, 0.25) is 0 Å². The van der Waals surface area contributed by atoms with Crippen LogP contribution in [-0.4, -0.2) is 5.67 Å². The van der Waals surface area contributed by atoms with Crippen molar-refractivity contribution in [3.63, 3.8) is 0 Å². The third-order valence-corrected chi connectivity index (χ3v) is 2.96. The molecule has 0 aliphatic carbocycles. The third kappa shape index (κ3) is 1.71. The lowest BCUT2D eigenvalue weighted by atomic mass is 9.74. The minimum atomic E-state index is -1.01. The highest BCUT2D eigenvalue weighted by Gasteiger charge is 2.37. The monoisotopic (exact) mass is 146 g/mol. The second-order valence-electron chi connectivity index (χ2n) is 3.79. The Kier molecular flexibility index (Phi) is 2.87. The molecule has 0 bridgehead atoms. The maximum Gasteiger partial charge on any atom is 0.113 e. The van der Waals surface area contributed by atoms with E-state index in [2.05, 4.69) is 0 Å². The zero-order valence-corrected chi connectivity index (χ0v) is 7.79. The smallest absolute Gasteiger partial charge is 0.113 e. The summed E-state index contributed by atoms with van der Waals surface area (Å²) in [5, 5.41) is 0.